The van der Waals surface area contributed by atoms with Crippen LogP contribution in [0.1, 0.15) is 33.1 Å². The minimum atomic E-state index is 0.587. The summed E-state index contributed by atoms with van der Waals surface area (Å²) in [5, 5.41) is 0. The Morgan fingerprint density at radius 1 is 1.56 bits per heavy atom. The molecule has 1 aliphatic rings. The Labute approximate surface area is 57.6 Å². The molecule has 0 heterocycles. The zero-order chi connectivity index (χ0) is 6.91. The van der Waals surface area contributed by atoms with Gasteiger partial charge in [-0.05, 0) is 37.1 Å². The van der Waals surface area contributed by atoms with Gasteiger partial charge in [0, 0.05) is 0 Å². The van der Waals surface area contributed by atoms with Crippen LogP contribution in [0.2, 0.25) is 0 Å². The van der Waals surface area contributed by atoms with Crippen LogP contribution in [0.5, 0.6) is 0 Å². The molecule has 1 aliphatic carbocycles. The number of hydrogen-bond acceptors (Lipinski definition) is 1. The van der Waals surface area contributed by atoms with E-state index >= 15 is 0 Å². The maximum absolute atomic E-state index is 5.55. The molecule has 0 radical (unpaired) electrons. The van der Waals surface area contributed by atoms with Crippen molar-refractivity contribution in [3.63, 3.8) is 0 Å². The van der Waals surface area contributed by atoms with Gasteiger partial charge in [0.05, 0.1) is 0 Å². The minimum Gasteiger partial charge on any atom is -0.330 e. The average molecular weight is 127 g/mol. The number of nitrogens with two attached hydrogens (primary N) is 1. The highest BCUT2D eigenvalue weighted by molar-refractivity contribution is 4.82. The Hall–Kier alpha value is -0.0400. The molecule has 1 heteroatoms. The molecule has 0 spiro atoms. The molecular weight excluding hydrogens is 110 g/mol. The van der Waals surface area contributed by atoms with Crippen molar-refractivity contribution in [3.05, 3.63) is 0 Å². The van der Waals surface area contributed by atoms with Crippen LogP contribution >= 0.6 is 0 Å². The van der Waals surface area contributed by atoms with Crippen molar-refractivity contribution in [1.82, 2.24) is 0 Å². The van der Waals surface area contributed by atoms with Gasteiger partial charge in [-0.1, -0.05) is 13.8 Å². The lowest BCUT2D eigenvalue weighted by Gasteiger charge is -2.15. The first-order valence-electron chi connectivity index (χ1n) is 3.84. The molecular formula is C8H17N. The van der Waals surface area contributed by atoms with Gasteiger partial charge in [0.2, 0.25) is 0 Å². The Kier molecular flexibility index (Phi) is 1.80. The van der Waals surface area contributed by atoms with Crippen LogP contribution in [0.3, 0.4) is 0 Å². The van der Waals surface area contributed by atoms with Crippen LogP contribution in [-0.2, 0) is 0 Å². The van der Waals surface area contributed by atoms with Crippen LogP contribution < -0.4 is 5.73 Å². The molecule has 0 amide bonds. The van der Waals surface area contributed by atoms with Gasteiger partial charge in [-0.2, -0.15) is 0 Å². The van der Waals surface area contributed by atoms with Gasteiger partial charge in [0.1, 0.15) is 0 Å². The Bertz CT molecular complexity index is 96.7. The Balaban J connectivity index is 2.38. The standard InChI is InChI=1S/C8H17N/c1-8(2)4-3-7(5-8)6-9/h7H,3-6,9H2,1-2H3/t7-/m0/s1. The van der Waals surface area contributed by atoms with Crippen molar-refractivity contribution >= 4 is 0 Å². The topological polar surface area (TPSA) is 26.0 Å². The van der Waals surface area contributed by atoms with E-state index in [1.807, 2.05) is 0 Å². The van der Waals surface area contributed by atoms with Crippen molar-refractivity contribution in [2.45, 2.75) is 33.1 Å². The SMILES string of the molecule is CC1(C)CC[C@H](CN)C1. The predicted molar refractivity (Wildman–Crippen MR) is 40.2 cm³/mol. The van der Waals surface area contributed by atoms with Gasteiger partial charge in [0.25, 0.3) is 0 Å². The van der Waals surface area contributed by atoms with Crippen LogP contribution in [0.4, 0.5) is 0 Å². The average Bonchev–Trinajstić information content (AvgIpc) is 2.10. The largest absolute Gasteiger partial charge is 0.330 e. The molecule has 1 atom stereocenters. The molecule has 1 rings (SSSR count). The summed E-state index contributed by atoms with van der Waals surface area (Å²) >= 11 is 0. The molecule has 9 heavy (non-hydrogen) atoms. The normalized spacial score (nSPS) is 33.0. The van der Waals surface area contributed by atoms with Gasteiger partial charge in [-0.25, -0.2) is 0 Å². The van der Waals surface area contributed by atoms with Crippen molar-refractivity contribution in [2.75, 3.05) is 6.54 Å². The van der Waals surface area contributed by atoms with E-state index in [9.17, 15) is 0 Å². The molecule has 0 aromatic rings. The summed E-state index contributed by atoms with van der Waals surface area (Å²) in [6.45, 7) is 5.56. The molecule has 0 aliphatic heterocycles. The van der Waals surface area contributed by atoms with Gasteiger partial charge < -0.3 is 5.73 Å². The van der Waals surface area contributed by atoms with Crippen LogP contribution in [-0.4, -0.2) is 6.54 Å². The van der Waals surface area contributed by atoms with Crippen LogP contribution in [0.25, 0.3) is 0 Å². The van der Waals surface area contributed by atoms with Gasteiger partial charge in [-0.15, -0.1) is 0 Å². The molecule has 1 saturated carbocycles. The van der Waals surface area contributed by atoms with Crippen molar-refractivity contribution in [2.24, 2.45) is 17.1 Å². The van der Waals surface area contributed by atoms with Crippen molar-refractivity contribution in [1.29, 1.82) is 0 Å². The summed E-state index contributed by atoms with van der Waals surface area (Å²) in [7, 11) is 0. The summed E-state index contributed by atoms with van der Waals surface area (Å²) in [5.74, 6) is 0.819. The molecule has 0 saturated heterocycles. The summed E-state index contributed by atoms with van der Waals surface area (Å²) in [6.07, 6.45) is 4.06. The predicted octanol–water partition coefficient (Wildman–Crippen LogP) is 1.77. The van der Waals surface area contributed by atoms with Gasteiger partial charge >= 0.3 is 0 Å². The quantitative estimate of drug-likeness (QED) is 0.570. The molecule has 0 aromatic heterocycles. The fourth-order valence-corrected chi connectivity index (χ4v) is 1.78. The first-order valence-corrected chi connectivity index (χ1v) is 3.84. The third kappa shape index (κ3) is 1.68. The lowest BCUT2D eigenvalue weighted by molar-refractivity contribution is 0.362. The zero-order valence-electron chi connectivity index (χ0n) is 6.48. The maximum atomic E-state index is 5.55. The molecule has 0 unspecified atom stereocenters. The molecule has 1 fully saturated rings. The Morgan fingerprint density at radius 3 is 2.44 bits per heavy atom. The molecule has 2 N–H and O–H groups in total. The van der Waals surface area contributed by atoms with E-state index < -0.39 is 0 Å². The fourth-order valence-electron chi connectivity index (χ4n) is 1.78. The highest BCUT2D eigenvalue weighted by atomic mass is 14.6. The first kappa shape index (κ1) is 7.07. The zero-order valence-corrected chi connectivity index (χ0v) is 6.48. The van der Waals surface area contributed by atoms with Gasteiger partial charge in [-0.3, -0.25) is 0 Å². The second-order valence-electron chi connectivity index (χ2n) is 4.01. The van der Waals surface area contributed by atoms with Crippen LogP contribution in [0.15, 0.2) is 0 Å². The summed E-state index contributed by atoms with van der Waals surface area (Å²) in [6, 6.07) is 0. The van der Waals surface area contributed by atoms with E-state index in [4.69, 9.17) is 5.73 Å². The van der Waals surface area contributed by atoms with Crippen molar-refractivity contribution < 1.29 is 0 Å². The lowest BCUT2D eigenvalue weighted by atomic mass is 9.91. The van der Waals surface area contributed by atoms with E-state index in [1.54, 1.807) is 0 Å². The van der Waals surface area contributed by atoms with Crippen molar-refractivity contribution in [3.8, 4) is 0 Å². The van der Waals surface area contributed by atoms with E-state index in [0.717, 1.165) is 12.5 Å². The first-order chi connectivity index (χ1) is 4.14. The fraction of sp³-hybridized carbons (Fsp3) is 1.00. The highest BCUT2D eigenvalue weighted by Gasteiger charge is 2.29. The van der Waals surface area contributed by atoms with E-state index in [2.05, 4.69) is 13.8 Å². The highest BCUT2D eigenvalue weighted by Crippen LogP contribution is 2.40. The summed E-state index contributed by atoms with van der Waals surface area (Å²) < 4.78 is 0. The third-order valence-corrected chi connectivity index (χ3v) is 2.40. The third-order valence-electron chi connectivity index (χ3n) is 2.40. The second kappa shape index (κ2) is 2.30. The Morgan fingerprint density at radius 2 is 2.22 bits per heavy atom. The lowest BCUT2D eigenvalue weighted by Crippen LogP contribution is -2.12. The number of rotatable bonds is 1. The van der Waals surface area contributed by atoms with Gasteiger partial charge in [0.15, 0.2) is 0 Å². The molecule has 1 nitrogen and oxygen atoms in total. The van der Waals surface area contributed by atoms with E-state index in [1.165, 1.54) is 19.3 Å². The maximum Gasteiger partial charge on any atom is -0.00487 e. The summed E-state index contributed by atoms with van der Waals surface area (Å²) in [4.78, 5) is 0. The molecule has 0 bridgehead atoms. The monoisotopic (exact) mass is 127 g/mol. The summed E-state index contributed by atoms with van der Waals surface area (Å²) in [5.41, 5.74) is 6.14. The van der Waals surface area contributed by atoms with E-state index in [0.29, 0.717) is 5.41 Å². The second-order valence-corrected chi connectivity index (χ2v) is 4.01. The van der Waals surface area contributed by atoms with Crippen LogP contribution in [0, 0.1) is 11.3 Å². The smallest absolute Gasteiger partial charge is 0.00487 e. The minimum absolute atomic E-state index is 0.587. The number of hydrogen-bond donors (Lipinski definition) is 1. The molecule has 0 aromatic carbocycles. The molecule has 54 valence electrons. The van der Waals surface area contributed by atoms with E-state index in [-0.39, 0.29) is 0 Å².